The molecule has 1 aromatic rings. The first-order chi connectivity index (χ1) is 12.0. The molecule has 1 saturated heterocycles. The van der Waals surface area contributed by atoms with Crippen LogP contribution >= 0.6 is 0 Å². The number of carbonyl (C=O) groups is 1. The number of piperidine rings is 1. The van der Waals surface area contributed by atoms with Crippen LogP contribution < -0.4 is 15.4 Å². The number of rotatable bonds is 8. The SMILES string of the molecule is CCC(C)Oc1cc(C)ccc1CNC(=O)C1(COC)CCNCC1. The lowest BCUT2D eigenvalue weighted by atomic mass is 9.78. The average Bonchev–Trinajstić information content (AvgIpc) is 2.61. The highest BCUT2D eigenvalue weighted by molar-refractivity contribution is 5.83. The molecule has 140 valence electrons. The second-order valence-corrected chi connectivity index (χ2v) is 7.09. The standard InChI is InChI=1S/C20H32N2O3/c1-5-16(3)25-18-12-15(2)6-7-17(18)13-22-19(23)20(14-24-4)8-10-21-11-9-20/h6-7,12,16,21H,5,8-11,13-14H2,1-4H3,(H,22,23). The van der Waals surface area contributed by atoms with E-state index in [1.165, 1.54) is 0 Å². The van der Waals surface area contributed by atoms with E-state index in [2.05, 4.69) is 37.5 Å². The first kappa shape index (κ1) is 19.7. The number of aryl methyl sites for hydroxylation is 1. The maximum absolute atomic E-state index is 12.9. The Labute approximate surface area is 151 Å². The van der Waals surface area contributed by atoms with Gasteiger partial charge in [0, 0.05) is 19.2 Å². The number of amides is 1. The highest BCUT2D eigenvalue weighted by atomic mass is 16.5. The number of nitrogens with one attached hydrogen (secondary N) is 2. The fourth-order valence-electron chi connectivity index (χ4n) is 3.20. The van der Waals surface area contributed by atoms with Crippen LogP contribution in [0.3, 0.4) is 0 Å². The summed E-state index contributed by atoms with van der Waals surface area (Å²) < 4.78 is 11.4. The molecule has 0 radical (unpaired) electrons. The third kappa shape index (κ3) is 5.19. The Hall–Kier alpha value is -1.59. The summed E-state index contributed by atoms with van der Waals surface area (Å²) in [5.74, 6) is 0.937. The molecule has 0 saturated carbocycles. The molecule has 0 spiro atoms. The Morgan fingerprint density at radius 1 is 1.36 bits per heavy atom. The minimum absolute atomic E-state index is 0.0749. The van der Waals surface area contributed by atoms with Gasteiger partial charge in [0.05, 0.1) is 18.1 Å². The van der Waals surface area contributed by atoms with E-state index in [1.807, 2.05) is 12.1 Å². The topological polar surface area (TPSA) is 59.6 Å². The van der Waals surface area contributed by atoms with Crippen LogP contribution in [0.2, 0.25) is 0 Å². The second kappa shape index (κ2) is 9.20. The summed E-state index contributed by atoms with van der Waals surface area (Å²) in [4.78, 5) is 12.9. The van der Waals surface area contributed by atoms with Crippen molar-refractivity contribution >= 4 is 5.91 Å². The molecule has 1 aliphatic rings. The van der Waals surface area contributed by atoms with E-state index in [9.17, 15) is 4.79 Å². The van der Waals surface area contributed by atoms with Gasteiger partial charge in [0.1, 0.15) is 5.75 Å². The van der Waals surface area contributed by atoms with E-state index < -0.39 is 5.41 Å². The quantitative estimate of drug-likeness (QED) is 0.758. The number of methoxy groups -OCH3 is 1. The van der Waals surface area contributed by atoms with Gasteiger partial charge in [-0.2, -0.15) is 0 Å². The van der Waals surface area contributed by atoms with Crippen LogP contribution in [0.5, 0.6) is 5.75 Å². The van der Waals surface area contributed by atoms with E-state index in [0.717, 1.165) is 49.2 Å². The van der Waals surface area contributed by atoms with Crippen molar-refractivity contribution in [3.05, 3.63) is 29.3 Å². The van der Waals surface area contributed by atoms with Crippen molar-refractivity contribution in [1.29, 1.82) is 0 Å². The predicted molar refractivity (Wildman–Crippen MR) is 99.8 cm³/mol. The minimum atomic E-state index is -0.428. The van der Waals surface area contributed by atoms with E-state index in [4.69, 9.17) is 9.47 Å². The van der Waals surface area contributed by atoms with Crippen LogP contribution in [0, 0.1) is 12.3 Å². The van der Waals surface area contributed by atoms with Crippen molar-refractivity contribution in [3.63, 3.8) is 0 Å². The van der Waals surface area contributed by atoms with Gasteiger partial charge in [-0.25, -0.2) is 0 Å². The normalized spacial score (nSPS) is 17.8. The maximum atomic E-state index is 12.9. The Balaban J connectivity index is 2.07. The lowest BCUT2D eigenvalue weighted by Crippen LogP contribution is -2.50. The highest BCUT2D eigenvalue weighted by Gasteiger charge is 2.39. The Morgan fingerprint density at radius 2 is 2.08 bits per heavy atom. The van der Waals surface area contributed by atoms with Gasteiger partial charge in [-0.05, 0) is 57.8 Å². The van der Waals surface area contributed by atoms with Gasteiger partial charge in [-0.15, -0.1) is 0 Å². The monoisotopic (exact) mass is 348 g/mol. The summed E-state index contributed by atoms with van der Waals surface area (Å²) in [5, 5.41) is 6.43. The summed E-state index contributed by atoms with van der Waals surface area (Å²) in [6.07, 6.45) is 2.71. The third-order valence-corrected chi connectivity index (χ3v) is 5.03. The number of carbonyl (C=O) groups excluding carboxylic acids is 1. The summed E-state index contributed by atoms with van der Waals surface area (Å²) in [6.45, 7) is 8.86. The van der Waals surface area contributed by atoms with Crippen molar-refractivity contribution in [2.24, 2.45) is 5.41 Å². The van der Waals surface area contributed by atoms with Gasteiger partial charge in [0.2, 0.25) is 5.91 Å². The summed E-state index contributed by atoms with van der Waals surface area (Å²) in [5.41, 5.74) is 1.74. The molecular formula is C20H32N2O3. The molecule has 0 bridgehead atoms. The fraction of sp³-hybridized carbons (Fsp3) is 0.650. The number of hydrogen-bond acceptors (Lipinski definition) is 4. The number of ether oxygens (including phenoxy) is 2. The summed E-state index contributed by atoms with van der Waals surface area (Å²) in [7, 11) is 1.66. The van der Waals surface area contributed by atoms with Crippen LogP contribution in [0.1, 0.15) is 44.2 Å². The molecule has 25 heavy (non-hydrogen) atoms. The highest BCUT2D eigenvalue weighted by Crippen LogP contribution is 2.30. The Kier molecular flexibility index (Phi) is 7.26. The summed E-state index contributed by atoms with van der Waals surface area (Å²) >= 11 is 0. The van der Waals surface area contributed by atoms with Gasteiger partial charge in [0.25, 0.3) is 0 Å². The molecule has 5 nitrogen and oxygen atoms in total. The molecule has 0 aromatic heterocycles. The molecule has 1 aliphatic heterocycles. The molecule has 1 fully saturated rings. The number of benzene rings is 1. The third-order valence-electron chi connectivity index (χ3n) is 5.03. The van der Waals surface area contributed by atoms with Crippen LogP contribution in [0.25, 0.3) is 0 Å². The zero-order chi connectivity index (χ0) is 18.3. The molecule has 5 heteroatoms. The molecule has 1 aromatic carbocycles. The van der Waals surface area contributed by atoms with Crippen molar-refractivity contribution in [1.82, 2.24) is 10.6 Å². The van der Waals surface area contributed by atoms with Crippen molar-refractivity contribution < 1.29 is 14.3 Å². The van der Waals surface area contributed by atoms with Gasteiger partial charge in [-0.3, -0.25) is 4.79 Å². The first-order valence-electron chi connectivity index (χ1n) is 9.25. The van der Waals surface area contributed by atoms with Gasteiger partial charge >= 0.3 is 0 Å². The smallest absolute Gasteiger partial charge is 0.228 e. The van der Waals surface area contributed by atoms with Crippen molar-refractivity contribution in [2.75, 3.05) is 26.8 Å². The maximum Gasteiger partial charge on any atom is 0.228 e. The molecule has 1 amide bonds. The molecule has 2 N–H and O–H groups in total. The van der Waals surface area contributed by atoms with Gasteiger partial charge in [-0.1, -0.05) is 19.1 Å². The van der Waals surface area contributed by atoms with Crippen LogP contribution in [0.15, 0.2) is 18.2 Å². The molecule has 1 unspecified atom stereocenters. The largest absolute Gasteiger partial charge is 0.490 e. The van der Waals surface area contributed by atoms with E-state index >= 15 is 0 Å². The van der Waals surface area contributed by atoms with Crippen LogP contribution in [0.4, 0.5) is 0 Å². The zero-order valence-electron chi connectivity index (χ0n) is 16.0. The first-order valence-corrected chi connectivity index (χ1v) is 9.25. The Bertz CT molecular complexity index is 563. The zero-order valence-corrected chi connectivity index (χ0v) is 16.0. The Morgan fingerprint density at radius 3 is 2.72 bits per heavy atom. The minimum Gasteiger partial charge on any atom is -0.490 e. The molecule has 0 aliphatic carbocycles. The summed E-state index contributed by atoms with van der Waals surface area (Å²) in [6, 6.07) is 6.14. The van der Waals surface area contributed by atoms with Crippen molar-refractivity contribution in [3.8, 4) is 5.75 Å². The van der Waals surface area contributed by atoms with Gasteiger partial charge < -0.3 is 20.1 Å². The van der Waals surface area contributed by atoms with Crippen LogP contribution in [-0.4, -0.2) is 38.8 Å². The van der Waals surface area contributed by atoms with Crippen LogP contribution in [-0.2, 0) is 16.1 Å². The van der Waals surface area contributed by atoms with E-state index in [0.29, 0.717) is 13.2 Å². The second-order valence-electron chi connectivity index (χ2n) is 7.09. The average molecular weight is 348 g/mol. The lowest BCUT2D eigenvalue weighted by molar-refractivity contribution is -0.136. The van der Waals surface area contributed by atoms with E-state index in [-0.39, 0.29) is 12.0 Å². The van der Waals surface area contributed by atoms with E-state index in [1.54, 1.807) is 7.11 Å². The molecule has 1 heterocycles. The predicted octanol–water partition coefficient (Wildman–Crippen LogP) is 2.80. The lowest BCUT2D eigenvalue weighted by Gasteiger charge is -2.35. The molecular weight excluding hydrogens is 316 g/mol. The fourth-order valence-corrected chi connectivity index (χ4v) is 3.20. The molecule has 2 rings (SSSR count). The van der Waals surface area contributed by atoms with Crippen molar-refractivity contribution in [2.45, 2.75) is 52.7 Å². The number of hydrogen-bond donors (Lipinski definition) is 2. The van der Waals surface area contributed by atoms with Gasteiger partial charge in [0.15, 0.2) is 0 Å². The molecule has 1 atom stereocenters.